The fraction of sp³-hybridized carbons (Fsp3) is 0.310. The molecule has 0 bridgehead atoms. The Kier molecular flexibility index (Phi) is 7.29. The van der Waals surface area contributed by atoms with Crippen LogP contribution in [0.5, 0.6) is 0 Å². The van der Waals surface area contributed by atoms with Crippen LogP contribution < -0.4 is 0 Å². The third-order valence-electron chi connectivity index (χ3n) is 6.69. The molecule has 3 aromatic rings. The molecule has 0 spiro atoms. The largest absolute Gasteiger partial charge is 0.507 e. The van der Waals surface area contributed by atoms with Gasteiger partial charge in [0, 0.05) is 30.2 Å². The van der Waals surface area contributed by atoms with Gasteiger partial charge in [-0.3, -0.25) is 14.6 Å². The van der Waals surface area contributed by atoms with Crippen molar-refractivity contribution in [2.75, 3.05) is 6.61 Å². The number of hydrogen-bond acceptors (Lipinski definition) is 6. The lowest BCUT2D eigenvalue weighted by atomic mass is 9.92. The molecular formula is C29H31N3O5. The molecule has 3 heterocycles. The Labute approximate surface area is 216 Å². The second-order valence-electron chi connectivity index (χ2n) is 9.46. The highest BCUT2D eigenvalue weighted by Crippen LogP contribution is 2.42. The molecule has 8 heteroatoms. The van der Waals surface area contributed by atoms with Gasteiger partial charge in [-0.15, -0.1) is 0 Å². The minimum Gasteiger partial charge on any atom is -0.507 e. The van der Waals surface area contributed by atoms with Crippen LogP contribution >= 0.6 is 0 Å². The number of H-pyrrole nitrogens is 1. The number of esters is 1. The zero-order valence-corrected chi connectivity index (χ0v) is 21.7. The molecule has 4 rings (SSSR count). The van der Waals surface area contributed by atoms with Crippen molar-refractivity contribution in [1.82, 2.24) is 14.9 Å². The summed E-state index contributed by atoms with van der Waals surface area (Å²) in [5.41, 5.74) is 3.99. The Bertz CT molecular complexity index is 1370. The summed E-state index contributed by atoms with van der Waals surface area (Å²) < 4.78 is 5.12. The van der Waals surface area contributed by atoms with Crippen LogP contribution in [0.25, 0.3) is 5.76 Å². The number of aromatic amines is 1. The third-order valence-corrected chi connectivity index (χ3v) is 6.69. The van der Waals surface area contributed by atoms with Gasteiger partial charge in [0.1, 0.15) is 11.5 Å². The molecule has 1 aliphatic rings. The number of amides is 1. The average molecular weight is 502 g/mol. The molecule has 2 N–H and O–H groups in total. The van der Waals surface area contributed by atoms with Crippen molar-refractivity contribution >= 4 is 23.4 Å². The highest BCUT2D eigenvalue weighted by atomic mass is 16.5. The Balaban J connectivity index is 1.89. The quantitative estimate of drug-likeness (QED) is 0.205. The zero-order chi connectivity index (χ0) is 26.9. The topological polar surface area (TPSA) is 113 Å². The molecule has 1 fully saturated rings. The zero-order valence-electron chi connectivity index (χ0n) is 21.7. The molecule has 0 unspecified atom stereocenters. The van der Waals surface area contributed by atoms with Crippen molar-refractivity contribution in [3.63, 3.8) is 0 Å². The maximum Gasteiger partial charge on any atom is 0.355 e. The summed E-state index contributed by atoms with van der Waals surface area (Å²) in [7, 11) is 0. The molecule has 0 radical (unpaired) electrons. The summed E-state index contributed by atoms with van der Waals surface area (Å²) in [4.78, 5) is 47.7. The maximum absolute atomic E-state index is 13.4. The van der Waals surface area contributed by atoms with Gasteiger partial charge in [-0.05, 0) is 55.0 Å². The SMILES string of the molecule is CCOC(=O)c1[nH]c(C)c(/C(O)=C2\C(=O)C(=O)N(Cc3cccnc3)[C@@H]2c2ccc(C(C)C)cc2)c1C. The summed E-state index contributed by atoms with van der Waals surface area (Å²) in [6, 6.07) is 10.5. The van der Waals surface area contributed by atoms with Crippen molar-refractivity contribution in [2.24, 2.45) is 0 Å². The van der Waals surface area contributed by atoms with Crippen molar-refractivity contribution in [3.05, 3.63) is 93.6 Å². The van der Waals surface area contributed by atoms with Crippen molar-refractivity contribution in [3.8, 4) is 0 Å². The van der Waals surface area contributed by atoms with Gasteiger partial charge < -0.3 is 19.7 Å². The number of hydrogen-bond donors (Lipinski definition) is 2. The van der Waals surface area contributed by atoms with E-state index in [2.05, 4.69) is 23.8 Å². The molecule has 8 nitrogen and oxygen atoms in total. The average Bonchev–Trinajstić information content (AvgIpc) is 3.32. The van der Waals surface area contributed by atoms with Gasteiger partial charge in [0.05, 0.1) is 18.2 Å². The number of aliphatic hydroxyl groups is 1. The van der Waals surface area contributed by atoms with Crippen LogP contribution in [-0.4, -0.2) is 44.2 Å². The van der Waals surface area contributed by atoms with E-state index < -0.39 is 23.7 Å². The molecule has 1 aromatic carbocycles. The van der Waals surface area contributed by atoms with Gasteiger partial charge in [0.15, 0.2) is 0 Å². The molecule has 37 heavy (non-hydrogen) atoms. The number of aromatic nitrogens is 2. The van der Waals surface area contributed by atoms with Crippen LogP contribution in [0, 0.1) is 13.8 Å². The minimum atomic E-state index is -0.818. The monoisotopic (exact) mass is 501 g/mol. The van der Waals surface area contributed by atoms with E-state index in [0.29, 0.717) is 28.3 Å². The Morgan fingerprint density at radius 2 is 1.86 bits per heavy atom. The molecule has 1 aliphatic heterocycles. The Morgan fingerprint density at radius 1 is 1.16 bits per heavy atom. The standard InChI is InChI=1S/C29H31N3O5/c1-6-37-29(36)24-17(4)22(18(5)31-24)26(33)23-25(21-11-9-20(10-12-21)16(2)3)32(28(35)27(23)34)15-19-8-7-13-30-14-19/h7-14,16,25,31,33H,6,15H2,1-5H3/b26-23+/t25-/m1/s1. The third kappa shape index (κ3) is 4.79. The van der Waals surface area contributed by atoms with E-state index in [-0.39, 0.29) is 30.2 Å². The van der Waals surface area contributed by atoms with E-state index in [9.17, 15) is 19.5 Å². The number of pyridine rings is 1. The normalized spacial score (nSPS) is 17.0. The van der Waals surface area contributed by atoms with Gasteiger partial charge in [0.2, 0.25) is 0 Å². The van der Waals surface area contributed by atoms with Crippen molar-refractivity contribution in [1.29, 1.82) is 0 Å². The Hall–Kier alpha value is -4.20. The number of rotatable bonds is 7. The number of aliphatic hydroxyl groups excluding tert-OH is 1. The van der Waals surface area contributed by atoms with E-state index in [1.807, 2.05) is 30.3 Å². The van der Waals surface area contributed by atoms with Crippen LogP contribution in [0.1, 0.15) is 76.7 Å². The summed E-state index contributed by atoms with van der Waals surface area (Å²) in [5, 5.41) is 11.5. The van der Waals surface area contributed by atoms with Crippen LogP contribution in [0.3, 0.4) is 0 Å². The number of nitrogens with zero attached hydrogens (tertiary/aromatic N) is 2. The molecule has 1 amide bonds. The number of ether oxygens (including phenoxy) is 1. The van der Waals surface area contributed by atoms with E-state index in [0.717, 1.165) is 11.1 Å². The molecule has 0 saturated carbocycles. The Morgan fingerprint density at radius 3 is 2.46 bits per heavy atom. The number of aryl methyl sites for hydroxylation is 1. The predicted molar refractivity (Wildman–Crippen MR) is 139 cm³/mol. The fourth-order valence-electron chi connectivity index (χ4n) is 4.79. The van der Waals surface area contributed by atoms with E-state index in [1.54, 1.807) is 39.2 Å². The molecule has 1 atom stereocenters. The smallest absolute Gasteiger partial charge is 0.355 e. The van der Waals surface area contributed by atoms with Gasteiger partial charge in [0.25, 0.3) is 11.7 Å². The molecule has 1 saturated heterocycles. The second kappa shape index (κ2) is 10.4. The van der Waals surface area contributed by atoms with Gasteiger partial charge in [-0.1, -0.05) is 44.2 Å². The molecule has 192 valence electrons. The predicted octanol–water partition coefficient (Wildman–Crippen LogP) is 4.95. The lowest BCUT2D eigenvalue weighted by molar-refractivity contribution is -0.140. The van der Waals surface area contributed by atoms with E-state index in [1.165, 1.54) is 4.90 Å². The number of likely N-dealkylation sites (tertiary alicyclic amines) is 1. The molecule has 0 aliphatic carbocycles. The first-order valence-corrected chi connectivity index (χ1v) is 12.3. The van der Waals surface area contributed by atoms with E-state index >= 15 is 0 Å². The number of carbonyl (C=O) groups excluding carboxylic acids is 3. The van der Waals surface area contributed by atoms with Crippen LogP contribution in [0.2, 0.25) is 0 Å². The lowest BCUT2D eigenvalue weighted by Gasteiger charge is -2.25. The van der Waals surface area contributed by atoms with Gasteiger partial charge >= 0.3 is 5.97 Å². The summed E-state index contributed by atoms with van der Waals surface area (Å²) in [6.07, 6.45) is 3.28. The van der Waals surface area contributed by atoms with Gasteiger partial charge in [-0.25, -0.2) is 4.79 Å². The highest BCUT2D eigenvalue weighted by Gasteiger charge is 2.46. The first-order valence-electron chi connectivity index (χ1n) is 12.3. The lowest BCUT2D eigenvalue weighted by Crippen LogP contribution is -2.29. The number of ketones is 1. The second-order valence-corrected chi connectivity index (χ2v) is 9.46. The minimum absolute atomic E-state index is 0.0215. The maximum atomic E-state index is 13.4. The summed E-state index contributed by atoms with van der Waals surface area (Å²) in [5.74, 6) is -2.06. The number of nitrogens with one attached hydrogen (secondary N) is 1. The first-order chi connectivity index (χ1) is 17.6. The molecular weight excluding hydrogens is 470 g/mol. The van der Waals surface area contributed by atoms with E-state index in [4.69, 9.17) is 4.74 Å². The number of benzene rings is 1. The number of carbonyl (C=O) groups is 3. The molecule has 2 aromatic heterocycles. The van der Waals surface area contributed by atoms with Crippen LogP contribution in [0.15, 0.2) is 54.4 Å². The highest BCUT2D eigenvalue weighted by molar-refractivity contribution is 6.46. The fourth-order valence-corrected chi connectivity index (χ4v) is 4.79. The van der Waals surface area contributed by atoms with Crippen molar-refractivity contribution in [2.45, 2.75) is 53.1 Å². The van der Waals surface area contributed by atoms with Crippen molar-refractivity contribution < 1.29 is 24.2 Å². The summed E-state index contributed by atoms with van der Waals surface area (Å²) in [6.45, 7) is 9.59. The number of Topliss-reactive ketones (excluding diaryl/α,β-unsaturated/α-hetero) is 1. The first kappa shape index (κ1) is 25.9. The van der Waals surface area contributed by atoms with Gasteiger partial charge in [-0.2, -0.15) is 0 Å². The van der Waals surface area contributed by atoms with Crippen LogP contribution in [0.4, 0.5) is 0 Å². The summed E-state index contributed by atoms with van der Waals surface area (Å²) >= 11 is 0. The van der Waals surface area contributed by atoms with Crippen LogP contribution in [-0.2, 0) is 20.9 Å².